The number of carbonyl (C=O) groups is 4. The van der Waals surface area contributed by atoms with Crippen LogP contribution in [-0.2, 0) is 39.9 Å². The van der Waals surface area contributed by atoms with Crippen LogP contribution in [0.5, 0.6) is 0 Å². The molecule has 130 valence electrons. The topological polar surface area (TPSA) is 110 Å². The van der Waals surface area contributed by atoms with Crippen molar-refractivity contribution in [3.05, 3.63) is 29.1 Å². The number of esters is 4. The van der Waals surface area contributed by atoms with E-state index in [1.807, 2.05) is 0 Å². The molecule has 0 fully saturated rings. The lowest BCUT2D eigenvalue weighted by molar-refractivity contribution is -0.144. The van der Waals surface area contributed by atoms with Crippen molar-refractivity contribution in [3.8, 4) is 0 Å². The fourth-order valence-electron chi connectivity index (χ4n) is 1.81. The lowest BCUT2D eigenvalue weighted by Crippen LogP contribution is -2.16. The van der Waals surface area contributed by atoms with Gasteiger partial charge in [0.25, 0.3) is 0 Å². The number of rotatable bonds is 6. The molecule has 0 atom stereocenters. The second-order valence-corrected chi connectivity index (χ2v) is 4.40. The molecule has 24 heavy (non-hydrogen) atoms. The average molecular weight is 339 g/mol. The number of carbonyl (C=O) groups excluding carboxylic acids is 4. The Balaban J connectivity index is 3.34. The zero-order valence-corrected chi connectivity index (χ0v) is 13.7. The zero-order chi connectivity index (χ0) is 18.3. The molecule has 0 aliphatic rings. The molecule has 0 saturated carbocycles. The molecule has 0 aliphatic carbocycles. The SMILES string of the molecule is COC(=O)Cn1cc(C=C(C(=O)OC)C(=O)OC)cc1C(=O)OC. The number of nitrogens with zero attached hydrogens (tertiary/aromatic N) is 1. The first-order chi connectivity index (χ1) is 11.4. The Kier molecular flexibility index (Phi) is 6.72. The Bertz CT molecular complexity index is 668. The van der Waals surface area contributed by atoms with E-state index < -0.39 is 23.9 Å². The third-order valence-corrected chi connectivity index (χ3v) is 2.96. The van der Waals surface area contributed by atoms with Crippen LogP contribution < -0.4 is 0 Å². The molecule has 0 saturated heterocycles. The van der Waals surface area contributed by atoms with E-state index in [4.69, 9.17) is 0 Å². The molecule has 1 aromatic rings. The molecule has 9 nitrogen and oxygen atoms in total. The fourth-order valence-corrected chi connectivity index (χ4v) is 1.81. The van der Waals surface area contributed by atoms with Crippen molar-refractivity contribution in [2.45, 2.75) is 6.54 Å². The summed E-state index contributed by atoms with van der Waals surface area (Å²) in [5, 5.41) is 0. The van der Waals surface area contributed by atoms with E-state index in [0.717, 1.165) is 14.2 Å². The van der Waals surface area contributed by atoms with E-state index in [2.05, 4.69) is 18.9 Å². The third-order valence-electron chi connectivity index (χ3n) is 2.96. The van der Waals surface area contributed by atoms with Crippen LogP contribution in [0.25, 0.3) is 6.08 Å². The van der Waals surface area contributed by atoms with Gasteiger partial charge in [-0.25, -0.2) is 14.4 Å². The van der Waals surface area contributed by atoms with Gasteiger partial charge in [-0.1, -0.05) is 0 Å². The molecule has 0 radical (unpaired) electrons. The molecule has 0 N–H and O–H groups in total. The Morgan fingerprint density at radius 2 is 1.54 bits per heavy atom. The largest absolute Gasteiger partial charge is 0.468 e. The van der Waals surface area contributed by atoms with Crippen LogP contribution in [0.1, 0.15) is 16.1 Å². The highest BCUT2D eigenvalue weighted by Crippen LogP contribution is 2.15. The Morgan fingerprint density at radius 1 is 0.958 bits per heavy atom. The molecule has 1 heterocycles. The van der Waals surface area contributed by atoms with Gasteiger partial charge in [-0.05, 0) is 17.7 Å². The highest BCUT2D eigenvalue weighted by Gasteiger charge is 2.22. The normalized spacial score (nSPS) is 9.67. The molecular weight excluding hydrogens is 322 g/mol. The first kappa shape index (κ1) is 18.9. The van der Waals surface area contributed by atoms with E-state index in [1.165, 1.54) is 37.1 Å². The molecule has 0 aliphatic heterocycles. The maximum Gasteiger partial charge on any atom is 0.354 e. The van der Waals surface area contributed by atoms with Crippen LogP contribution in [0.15, 0.2) is 17.8 Å². The van der Waals surface area contributed by atoms with Crippen LogP contribution in [0.4, 0.5) is 0 Å². The van der Waals surface area contributed by atoms with Crippen molar-refractivity contribution in [2.75, 3.05) is 28.4 Å². The van der Waals surface area contributed by atoms with Gasteiger partial charge >= 0.3 is 23.9 Å². The molecule has 0 spiro atoms. The second kappa shape index (κ2) is 8.51. The van der Waals surface area contributed by atoms with E-state index >= 15 is 0 Å². The minimum absolute atomic E-state index is 0.0447. The summed E-state index contributed by atoms with van der Waals surface area (Å²) >= 11 is 0. The van der Waals surface area contributed by atoms with Crippen molar-refractivity contribution >= 4 is 30.0 Å². The number of aromatic nitrogens is 1. The van der Waals surface area contributed by atoms with Gasteiger partial charge in [0, 0.05) is 6.20 Å². The summed E-state index contributed by atoms with van der Waals surface area (Å²) in [6, 6.07) is 1.35. The third kappa shape index (κ3) is 4.45. The van der Waals surface area contributed by atoms with Gasteiger partial charge in [0.1, 0.15) is 17.8 Å². The minimum Gasteiger partial charge on any atom is -0.468 e. The van der Waals surface area contributed by atoms with Crippen LogP contribution in [0.2, 0.25) is 0 Å². The zero-order valence-electron chi connectivity index (χ0n) is 13.7. The fraction of sp³-hybridized carbons (Fsp3) is 0.333. The summed E-state index contributed by atoms with van der Waals surface area (Å²) in [5.41, 5.74) is -0.0278. The first-order valence-corrected chi connectivity index (χ1v) is 6.61. The van der Waals surface area contributed by atoms with Crippen LogP contribution in [0.3, 0.4) is 0 Å². The molecular formula is C15H17NO8. The number of methoxy groups -OCH3 is 4. The molecule has 0 amide bonds. The van der Waals surface area contributed by atoms with Crippen molar-refractivity contribution in [3.63, 3.8) is 0 Å². The predicted molar refractivity (Wildman–Crippen MR) is 79.8 cm³/mol. The smallest absolute Gasteiger partial charge is 0.354 e. The van der Waals surface area contributed by atoms with E-state index in [0.29, 0.717) is 5.56 Å². The number of hydrogen-bond donors (Lipinski definition) is 0. The molecule has 1 rings (SSSR count). The Morgan fingerprint density at radius 3 is 2.00 bits per heavy atom. The Hall–Kier alpha value is -3.10. The highest BCUT2D eigenvalue weighted by molar-refractivity contribution is 6.17. The van der Waals surface area contributed by atoms with Gasteiger partial charge in [-0.2, -0.15) is 0 Å². The van der Waals surface area contributed by atoms with E-state index in [1.54, 1.807) is 0 Å². The molecule has 0 unspecified atom stereocenters. The van der Waals surface area contributed by atoms with Gasteiger partial charge in [0.15, 0.2) is 0 Å². The lowest BCUT2D eigenvalue weighted by Gasteiger charge is -2.05. The standard InChI is InChI=1S/C15H17NO8/c1-21-12(17)8-16-7-9(6-11(16)15(20)24-4)5-10(13(18)22-2)14(19)23-3/h5-7H,8H2,1-4H3. The molecule has 0 bridgehead atoms. The quantitative estimate of drug-likeness (QED) is 0.237. The van der Waals surface area contributed by atoms with Gasteiger partial charge in [-0.3, -0.25) is 4.79 Å². The lowest BCUT2D eigenvalue weighted by atomic mass is 10.2. The predicted octanol–water partition coefficient (Wildman–Crippen LogP) is 0.177. The summed E-state index contributed by atoms with van der Waals surface area (Å²) in [7, 11) is 4.61. The molecule has 9 heteroatoms. The molecule has 1 aromatic heterocycles. The van der Waals surface area contributed by atoms with Gasteiger partial charge in [0.05, 0.1) is 28.4 Å². The van der Waals surface area contributed by atoms with E-state index in [-0.39, 0.29) is 17.8 Å². The monoisotopic (exact) mass is 339 g/mol. The maximum atomic E-state index is 11.8. The summed E-state index contributed by atoms with van der Waals surface area (Å²) in [4.78, 5) is 46.5. The molecule has 0 aromatic carbocycles. The minimum atomic E-state index is -0.901. The van der Waals surface area contributed by atoms with Crippen molar-refractivity contribution in [2.24, 2.45) is 0 Å². The number of hydrogen-bond acceptors (Lipinski definition) is 8. The second-order valence-electron chi connectivity index (χ2n) is 4.40. The van der Waals surface area contributed by atoms with Crippen molar-refractivity contribution < 1.29 is 38.1 Å². The summed E-state index contributed by atoms with van der Waals surface area (Å²) < 4.78 is 19.5. The first-order valence-electron chi connectivity index (χ1n) is 6.61. The average Bonchev–Trinajstić information content (AvgIpc) is 2.99. The highest BCUT2D eigenvalue weighted by atomic mass is 16.5. The van der Waals surface area contributed by atoms with Crippen LogP contribution in [-0.4, -0.2) is 56.9 Å². The Labute approximate surface area is 137 Å². The van der Waals surface area contributed by atoms with E-state index in [9.17, 15) is 19.2 Å². The van der Waals surface area contributed by atoms with Crippen molar-refractivity contribution in [1.29, 1.82) is 0 Å². The van der Waals surface area contributed by atoms with Crippen molar-refractivity contribution in [1.82, 2.24) is 4.57 Å². The maximum absolute atomic E-state index is 11.8. The van der Waals surface area contributed by atoms with Crippen LogP contribution in [0, 0.1) is 0 Å². The van der Waals surface area contributed by atoms with Gasteiger partial charge in [0.2, 0.25) is 0 Å². The summed E-state index contributed by atoms with van der Waals surface area (Å²) in [5.74, 6) is -3.09. The van der Waals surface area contributed by atoms with Gasteiger partial charge < -0.3 is 23.5 Å². The summed E-state index contributed by atoms with van der Waals surface area (Å²) in [6.45, 7) is -0.249. The van der Waals surface area contributed by atoms with Gasteiger partial charge in [-0.15, -0.1) is 0 Å². The van der Waals surface area contributed by atoms with Crippen LogP contribution >= 0.6 is 0 Å². The summed E-state index contributed by atoms with van der Waals surface area (Å²) in [6.07, 6.45) is 2.56. The number of ether oxygens (including phenoxy) is 4.